The van der Waals surface area contributed by atoms with Crippen molar-refractivity contribution in [3.8, 4) is 0 Å². The molecule has 1 heterocycles. The molecular formula is C14H16FNO3. The molecule has 0 bridgehead atoms. The van der Waals surface area contributed by atoms with Crippen molar-refractivity contribution < 1.29 is 19.0 Å². The van der Waals surface area contributed by atoms with E-state index in [1.54, 1.807) is 6.07 Å². The molecule has 102 valence electrons. The van der Waals surface area contributed by atoms with Gasteiger partial charge in [0.05, 0.1) is 30.0 Å². The number of rotatable bonds is 2. The third kappa shape index (κ3) is 2.18. The molecular weight excluding hydrogens is 249 g/mol. The normalized spacial score (nSPS) is 26.3. The minimum atomic E-state index is -1.11. The number of morpholine rings is 1. The highest BCUT2D eigenvalue weighted by molar-refractivity contribution is 5.88. The zero-order chi connectivity index (χ0) is 13.4. The number of anilines is 1. The van der Waals surface area contributed by atoms with Crippen LogP contribution in [0.3, 0.4) is 0 Å². The van der Waals surface area contributed by atoms with Crippen molar-refractivity contribution in [3.63, 3.8) is 0 Å². The van der Waals surface area contributed by atoms with Gasteiger partial charge < -0.3 is 14.7 Å². The van der Waals surface area contributed by atoms with Gasteiger partial charge in [-0.2, -0.15) is 0 Å². The van der Waals surface area contributed by atoms with Gasteiger partial charge in [0.1, 0.15) is 5.82 Å². The lowest BCUT2D eigenvalue weighted by atomic mass is 10.1. The molecule has 1 saturated heterocycles. The molecule has 2 aliphatic rings. The molecule has 1 aliphatic heterocycles. The number of carboxylic acids is 1. The van der Waals surface area contributed by atoms with Gasteiger partial charge in [0, 0.05) is 6.54 Å². The van der Waals surface area contributed by atoms with Crippen molar-refractivity contribution in [3.05, 3.63) is 29.6 Å². The van der Waals surface area contributed by atoms with E-state index in [-0.39, 0.29) is 17.7 Å². The second-order valence-corrected chi connectivity index (χ2v) is 5.07. The molecule has 2 unspecified atom stereocenters. The summed E-state index contributed by atoms with van der Waals surface area (Å²) in [5, 5.41) is 8.86. The lowest BCUT2D eigenvalue weighted by Crippen LogP contribution is -2.49. The van der Waals surface area contributed by atoms with Gasteiger partial charge >= 0.3 is 5.97 Å². The van der Waals surface area contributed by atoms with E-state index in [2.05, 4.69) is 0 Å². The van der Waals surface area contributed by atoms with Gasteiger partial charge in [-0.05, 0) is 37.5 Å². The van der Waals surface area contributed by atoms with E-state index < -0.39 is 11.8 Å². The van der Waals surface area contributed by atoms with Gasteiger partial charge in [-0.3, -0.25) is 0 Å². The molecule has 4 nitrogen and oxygen atoms in total. The summed E-state index contributed by atoms with van der Waals surface area (Å²) in [5.41, 5.74) is 0.475. The van der Waals surface area contributed by atoms with Crippen LogP contribution in [0.1, 0.15) is 29.6 Å². The van der Waals surface area contributed by atoms with Gasteiger partial charge in [-0.25, -0.2) is 9.18 Å². The third-order valence-electron chi connectivity index (χ3n) is 3.99. The van der Waals surface area contributed by atoms with Gasteiger partial charge in [-0.15, -0.1) is 0 Å². The van der Waals surface area contributed by atoms with Crippen LogP contribution in [0, 0.1) is 5.82 Å². The molecule has 0 amide bonds. The molecule has 1 aliphatic carbocycles. The molecule has 1 saturated carbocycles. The minimum absolute atomic E-state index is 0.0162. The maximum absolute atomic E-state index is 14.1. The average molecular weight is 265 g/mol. The summed E-state index contributed by atoms with van der Waals surface area (Å²) in [6.07, 6.45) is 3.31. The van der Waals surface area contributed by atoms with E-state index in [4.69, 9.17) is 9.84 Å². The van der Waals surface area contributed by atoms with Crippen molar-refractivity contribution in [2.45, 2.75) is 31.4 Å². The molecule has 1 aromatic rings. The number of benzene rings is 1. The lowest BCUT2D eigenvalue weighted by molar-refractivity contribution is 0.0254. The van der Waals surface area contributed by atoms with E-state index in [0.29, 0.717) is 18.8 Å². The molecule has 0 aromatic heterocycles. The predicted octanol–water partition coefficient (Wildman–Crippen LogP) is 2.28. The quantitative estimate of drug-likeness (QED) is 0.891. The van der Waals surface area contributed by atoms with Crippen molar-refractivity contribution in [1.29, 1.82) is 0 Å². The van der Waals surface area contributed by atoms with Crippen molar-refractivity contribution >= 4 is 11.7 Å². The van der Waals surface area contributed by atoms with E-state index in [0.717, 1.165) is 25.3 Å². The molecule has 2 fully saturated rings. The van der Waals surface area contributed by atoms with Crippen LogP contribution in [0.25, 0.3) is 0 Å². The molecule has 0 spiro atoms. The fourth-order valence-electron chi connectivity index (χ4n) is 3.10. The molecule has 0 radical (unpaired) electrons. The first-order valence-corrected chi connectivity index (χ1v) is 6.58. The highest BCUT2D eigenvalue weighted by atomic mass is 19.1. The maximum Gasteiger partial charge on any atom is 0.335 e. The predicted molar refractivity (Wildman–Crippen MR) is 68.1 cm³/mol. The number of ether oxygens (including phenoxy) is 1. The van der Waals surface area contributed by atoms with Gasteiger partial charge in [0.25, 0.3) is 0 Å². The van der Waals surface area contributed by atoms with Gasteiger partial charge in [-0.1, -0.05) is 0 Å². The monoisotopic (exact) mass is 265 g/mol. The molecule has 1 aromatic carbocycles. The van der Waals surface area contributed by atoms with Crippen molar-refractivity contribution in [2.75, 3.05) is 18.1 Å². The number of nitrogens with zero attached hydrogens (tertiary/aromatic N) is 1. The Labute approximate surface area is 110 Å². The van der Waals surface area contributed by atoms with Crippen molar-refractivity contribution in [2.24, 2.45) is 0 Å². The molecule has 1 N–H and O–H groups in total. The SMILES string of the molecule is O=C(O)c1ccc(N2CCOC3CCCC32)c(F)c1. The smallest absolute Gasteiger partial charge is 0.335 e. The van der Waals surface area contributed by atoms with Gasteiger partial charge in [0.15, 0.2) is 0 Å². The summed E-state index contributed by atoms with van der Waals surface area (Å²) in [7, 11) is 0. The topological polar surface area (TPSA) is 49.8 Å². The van der Waals surface area contributed by atoms with Crippen LogP contribution in [0.5, 0.6) is 0 Å². The Kier molecular flexibility index (Phi) is 3.14. The first-order chi connectivity index (χ1) is 9.16. The standard InChI is InChI=1S/C14H16FNO3/c15-10-8-9(14(17)18)4-5-11(10)16-6-7-19-13-3-1-2-12(13)16/h4-5,8,12-13H,1-3,6-7H2,(H,17,18). The summed E-state index contributed by atoms with van der Waals surface area (Å²) < 4.78 is 19.8. The number of hydrogen-bond acceptors (Lipinski definition) is 3. The number of aromatic carboxylic acids is 1. The number of hydrogen-bond donors (Lipinski definition) is 1. The first-order valence-electron chi connectivity index (χ1n) is 6.58. The number of halogens is 1. The number of carbonyl (C=O) groups is 1. The minimum Gasteiger partial charge on any atom is -0.478 e. The molecule has 19 heavy (non-hydrogen) atoms. The largest absolute Gasteiger partial charge is 0.478 e. The summed E-state index contributed by atoms with van der Waals surface area (Å²) in [6.45, 7) is 1.26. The Morgan fingerprint density at radius 2 is 2.26 bits per heavy atom. The molecule has 2 atom stereocenters. The van der Waals surface area contributed by atoms with Crippen LogP contribution in [-0.2, 0) is 4.74 Å². The fourth-order valence-corrected chi connectivity index (χ4v) is 3.10. The summed E-state index contributed by atoms with van der Waals surface area (Å²) >= 11 is 0. The van der Waals surface area contributed by atoms with Crippen LogP contribution in [0.2, 0.25) is 0 Å². The highest BCUT2D eigenvalue weighted by Gasteiger charge is 2.37. The summed E-state index contributed by atoms with van der Waals surface area (Å²) in [5.74, 6) is -1.57. The summed E-state index contributed by atoms with van der Waals surface area (Å²) in [4.78, 5) is 12.9. The van der Waals surface area contributed by atoms with E-state index >= 15 is 0 Å². The molecule has 5 heteroatoms. The zero-order valence-electron chi connectivity index (χ0n) is 10.5. The van der Waals surface area contributed by atoms with Crippen LogP contribution in [-0.4, -0.2) is 36.4 Å². The fraction of sp³-hybridized carbons (Fsp3) is 0.500. The second kappa shape index (κ2) is 4.81. The van der Waals surface area contributed by atoms with Crippen LogP contribution in [0.4, 0.5) is 10.1 Å². The number of carboxylic acid groups (broad SMARTS) is 1. The summed E-state index contributed by atoms with van der Waals surface area (Å²) in [6, 6.07) is 4.34. The van der Waals surface area contributed by atoms with Crippen LogP contribution >= 0.6 is 0 Å². The molecule has 3 rings (SSSR count). The average Bonchev–Trinajstić information content (AvgIpc) is 2.86. The van der Waals surface area contributed by atoms with E-state index in [9.17, 15) is 9.18 Å². The first kappa shape index (κ1) is 12.4. The Bertz CT molecular complexity index is 505. The Morgan fingerprint density at radius 3 is 3.00 bits per heavy atom. The van der Waals surface area contributed by atoms with E-state index in [1.807, 2.05) is 4.90 Å². The Hall–Kier alpha value is -1.62. The Morgan fingerprint density at radius 1 is 1.42 bits per heavy atom. The van der Waals surface area contributed by atoms with Crippen molar-refractivity contribution in [1.82, 2.24) is 0 Å². The Balaban J connectivity index is 1.90. The highest BCUT2D eigenvalue weighted by Crippen LogP contribution is 2.34. The second-order valence-electron chi connectivity index (χ2n) is 5.07. The zero-order valence-corrected chi connectivity index (χ0v) is 10.5. The number of fused-ring (bicyclic) bond motifs is 1. The van der Waals surface area contributed by atoms with E-state index in [1.165, 1.54) is 6.07 Å². The lowest BCUT2D eigenvalue weighted by Gasteiger charge is -2.39. The van der Waals surface area contributed by atoms with Crippen LogP contribution < -0.4 is 4.90 Å². The maximum atomic E-state index is 14.1. The van der Waals surface area contributed by atoms with Gasteiger partial charge in [0.2, 0.25) is 0 Å². The van der Waals surface area contributed by atoms with Crippen LogP contribution in [0.15, 0.2) is 18.2 Å². The third-order valence-corrected chi connectivity index (χ3v) is 3.99.